The maximum atomic E-state index is 14.3. The third-order valence-corrected chi connectivity index (χ3v) is 5.53. The summed E-state index contributed by atoms with van der Waals surface area (Å²) in [5.41, 5.74) is -1.70. The summed E-state index contributed by atoms with van der Waals surface area (Å²) in [6.07, 6.45) is -2.60. The molecule has 30 heavy (non-hydrogen) atoms. The number of hydrogen-bond acceptors (Lipinski definition) is 5. The SMILES string of the molecule is CC1(C)OC(=O)C=C1c1ccc(S(C)(=O)=O)cc1Oc1ccc(C(F)(F)F)cc1F. The molecule has 2 aromatic rings. The van der Waals surface area contributed by atoms with Crippen molar-refractivity contribution in [1.82, 2.24) is 0 Å². The molecule has 5 nitrogen and oxygen atoms in total. The molecule has 2 aromatic carbocycles. The van der Waals surface area contributed by atoms with Crippen molar-refractivity contribution in [2.45, 2.75) is 30.5 Å². The molecule has 0 spiro atoms. The minimum absolute atomic E-state index is 0.155. The van der Waals surface area contributed by atoms with Crippen molar-refractivity contribution in [2.24, 2.45) is 0 Å². The van der Waals surface area contributed by atoms with Gasteiger partial charge in [0.2, 0.25) is 0 Å². The number of carbonyl (C=O) groups excluding carboxylic acids is 1. The zero-order valence-electron chi connectivity index (χ0n) is 16.0. The number of rotatable bonds is 4. The van der Waals surface area contributed by atoms with Crippen molar-refractivity contribution < 1.29 is 40.2 Å². The maximum Gasteiger partial charge on any atom is 0.416 e. The van der Waals surface area contributed by atoms with E-state index in [1.165, 1.54) is 18.2 Å². The fraction of sp³-hybridized carbons (Fsp3) is 0.250. The summed E-state index contributed by atoms with van der Waals surface area (Å²) in [4.78, 5) is 11.6. The maximum absolute atomic E-state index is 14.3. The molecule has 1 aliphatic rings. The van der Waals surface area contributed by atoms with Gasteiger partial charge in [-0.2, -0.15) is 13.2 Å². The largest absolute Gasteiger partial charge is 0.454 e. The third kappa shape index (κ3) is 4.33. The van der Waals surface area contributed by atoms with Crippen molar-refractivity contribution in [3.05, 3.63) is 59.4 Å². The molecule has 1 heterocycles. The Morgan fingerprint density at radius 3 is 2.20 bits per heavy atom. The van der Waals surface area contributed by atoms with Gasteiger partial charge in [0, 0.05) is 29.5 Å². The molecule has 0 unspecified atom stereocenters. The van der Waals surface area contributed by atoms with Gasteiger partial charge in [0.15, 0.2) is 21.4 Å². The monoisotopic (exact) mass is 444 g/mol. The van der Waals surface area contributed by atoms with Crippen LogP contribution in [0.5, 0.6) is 11.5 Å². The highest BCUT2D eigenvalue weighted by molar-refractivity contribution is 7.90. The number of halogens is 4. The summed E-state index contributed by atoms with van der Waals surface area (Å²) in [7, 11) is -3.67. The fourth-order valence-corrected chi connectivity index (χ4v) is 3.58. The molecule has 160 valence electrons. The number of benzene rings is 2. The molecular formula is C20H16F4O5S. The van der Waals surface area contributed by atoms with Crippen LogP contribution in [-0.2, 0) is 25.5 Å². The Kier molecular flexibility index (Phi) is 5.18. The highest BCUT2D eigenvalue weighted by atomic mass is 32.2. The van der Waals surface area contributed by atoms with Crippen molar-refractivity contribution >= 4 is 21.4 Å². The van der Waals surface area contributed by atoms with E-state index < -0.39 is 44.7 Å². The number of cyclic esters (lactones) is 1. The van der Waals surface area contributed by atoms with E-state index in [4.69, 9.17) is 9.47 Å². The Morgan fingerprint density at radius 2 is 1.70 bits per heavy atom. The molecule has 0 radical (unpaired) electrons. The second-order valence-electron chi connectivity index (χ2n) is 7.16. The summed E-state index contributed by atoms with van der Waals surface area (Å²) < 4.78 is 87.1. The molecule has 10 heteroatoms. The third-order valence-electron chi connectivity index (χ3n) is 4.42. The fourth-order valence-electron chi connectivity index (χ4n) is 2.95. The van der Waals surface area contributed by atoms with E-state index in [9.17, 15) is 30.8 Å². The van der Waals surface area contributed by atoms with E-state index in [1.807, 2.05) is 0 Å². The Morgan fingerprint density at radius 1 is 1.03 bits per heavy atom. The van der Waals surface area contributed by atoms with Crippen LogP contribution in [0.25, 0.3) is 5.57 Å². The molecule has 0 amide bonds. The van der Waals surface area contributed by atoms with Gasteiger partial charge in [-0.05, 0) is 44.2 Å². The lowest BCUT2D eigenvalue weighted by molar-refractivity contribution is -0.143. The van der Waals surface area contributed by atoms with Gasteiger partial charge in [-0.1, -0.05) is 0 Å². The normalized spacial score (nSPS) is 16.2. The minimum atomic E-state index is -4.74. The van der Waals surface area contributed by atoms with Crippen molar-refractivity contribution in [3.63, 3.8) is 0 Å². The number of ether oxygens (including phenoxy) is 2. The van der Waals surface area contributed by atoms with E-state index in [1.54, 1.807) is 13.8 Å². The number of alkyl halides is 3. The highest BCUT2D eigenvalue weighted by Crippen LogP contribution is 2.42. The van der Waals surface area contributed by atoms with E-state index in [0.717, 1.165) is 18.4 Å². The summed E-state index contributed by atoms with van der Waals surface area (Å²) in [5.74, 6) is -2.62. The van der Waals surface area contributed by atoms with E-state index in [2.05, 4.69) is 0 Å². The molecule has 0 aliphatic carbocycles. The Bertz CT molecular complexity index is 1160. The first-order valence-electron chi connectivity index (χ1n) is 8.53. The molecule has 0 saturated heterocycles. The van der Waals surface area contributed by atoms with Crippen LogP contribution in [-0.4, -0.2) is 26.2 Å². The smallest absolute Gasteiger partial charge is 0.416 e. The zero-order chi connectivity index (χ0) is 22.5. The Balaban J connectivity index is 2.13. The van der Waals surface area contributed by atoms with Crippen LogP contribution in [0.4, 0.5) is 17.6 Å². The van der Waals surface area contributed by atoms with Gasteiger partial charge in [-0.3, -0.25) is 0 Å². The lowest BCUT2D eigenvalue weighted by atomic mass is 9.92. The van der Waals surface area contributed by atoms with Gasteiger partial charge in [0.05, 0.1) is 10.5 Å². The molecule has 0 bridgehead atoms. The van der Waals surface area contributed by atoms with Crippen molar-refractivity contribution in [3.8, 4) is 11.5 Å². The minimum Gasteiger partial charge on any atom is -0.454 e. The van der Waals surface area contributed by atoms with Gasteiger partial charge in [0.1, 0.15) is 11.4 Å². The van der Waals surface area contributed by atoms with Crippen LogP contribution >= 0.6 is 0 Å². The first kappa shape index (κ1) is 21.8. The predicted molar refractivity (Wildman–Crippen MR) is 99.2 cm³/mol. The van der Waals surface area contributed by atoms with Crippen LogP contribution in [0.2, 0.25) is 0 Å². The summed E-state index contributed by atoms with van der Waals surface area (Å²) in [5, 5.41) is 0. The zero-order valence-corrected chi connectivity index (χ0v) is 16.8. The van der Waals surface area contributed by atoms with Crippen molar-refractivity contribution in [1.29, 1.82) is 0 Å². The summed E-state index contributed by atoms with van der Waals surface area (Å²) >= 11 is 0. The van der Waals surface area contributed by atoms with Gasteiger partial charge in [-0.15, -0.1) is 0 Å². The second kappa shape index (κ2) is 7.12. The Labute approximate surface area is 169 Å². The summed E-state index contributed by atoms with van der Waals surface area (Å²) in [6.45, 7) is 3.19. The molecule has 0 atom stereocenters. The number of hydrogen-bond donors (Lipinski definition) is 0. The number of sulfone groups is 1. The van der Waals surface area contributed by atoms with Gasteiger partial charge in [-0.25, -0.2) is 17.6 Å². The first-order chi connectivity index (χ1) is 13.7. The molecule has 3 rings (SSSR count). The summed E-state index contributed by atoms with van der Waals surface area (Å²) in [6, 6.07) is 5.47. The van der Waals surface area contributed by atoms with Crippen LogP contribution in [0.3, 0.4) is 0 Å². The number of carbonyl (C=O) groups is 1. The van der Waals surface area contributed by atoms with Gasteiger partial charge in [0.25, 0.3) is 0 Å². The topological polar surface area (TPSA) is 69.7 Å². The van der Waals surface area contributed by atoms with Crippen LogP contribution < -0.4 is 4.74 Å². The van der Waals surface area contributed by atoms with E-state index in [-0.39, 0.29) is 22.3 Å². The number of esters is 1. The van der Waals surface area contributed by atoms with Crippen LogP contribution in [0.1, 0.15) is 25.0 Å². The van der Waals surface area contributed by atoms with E-state index >= 15 is 0 Å². The molecule has 1 aliphatic heterocycles. The van der Waals surface area contributed by atoms with Gasteiger partial charge < -0.3 is 9.47 Å². The lowest BCUT2D eigenvalue weighted by Gasteiger charge is -2.23. The first-order valence-corrected chi connectivity index (χ1v) is 10.4. The van der Waals surface area contributed by atoms with E-state index in [0.29, 0.717) is 11.6 Å². The average molecular weight is 444 g/mol. The second-order valence-corrected chi connectivity index (χ2v) is 9.18. The predicted octanol–water partition coefficient (Wildman–Crippen LogP) is 4.76. The quantitative estimate of drug-likeness (QED) is 0.503. The molecule has 0 aromatic heterocycles. The van der Waals surface area contributed by atoms with Crippen molar-refractivity contribution in [2.75, 3.05) is 6.26 Å². The molecule has 0 saturated carbocycles. The van der Waals surface area contributed by atoms with Crippen LogP contribution in [0, 0.1) is 5.82 Å². The van der Waals surface area contributed by atoms with Crippen LogP contribution in [0.15, 0.2) is 47.4 Å². The molecular weight excluding hydrogens is 428 g/mol. The average Bonchev–Trinajstić information content (AvgIpc) is 2.87. The molecule has 0 fully saturated rings. The molecule has 0 N–H and O–H groups in total. The standard InChI is InChI=1S/C20H16F4O5S/c1-19(2)14(10-18(25)29-19)13-6-5-12(30(3,26)27)9-17(13)28-16-7-4-11(8-15(16)21)20(22,23)24/h4-10H,1-3H3. The lowest BCUT2D eigenvalue weighted by Crippen LogP contribution is -2.22. The van der Waals surface area contributed by atoms with Gasteiger partial charge >= 0.3 is 12.1 Å². The highest BCUT2D eigenvalue weighted by Gasteiger charge is 2.37. The Hall–Kier alpha value is -2.88.